The molecule has 5 N–H and O–H groups in total. The number of nitrogens with zero attached hydrogens (tertiary/aromatic N) is 2. The number of carbonyl (C=O) groups is 2. The van der Waals surface area contributed by atoms with Crippen molar-refractivity contribution in [2.45, 2.75) is 52.0 Å². The first-order valence-electron chi connectivity index (χ1n) is 15.1. The Kier molecular flexibility index (Phi) is 11.2. The van der Waals surface area contributed by atoms with Crippen LogP contribution in [0.25, 0.3) is 10.8 Å². The number of hydrogen-bond acceptors (Lipinski definition) is 6. The standard InChI is InChI=1S/C25H29N5O3.C10H14O/c1-29(24(32)15-28-20-8-6-17-10-11-27-25(33)21(17)14-20)16-18-13-19(26)7-9-22(18)30-12-4-2-3-5-23(30)31;1-8-5-3-4-6-10(8)9(2)7-11/h6-11,13-14,28H,2-5,12,15-16,26H2,1H3,(H,27,33);3-6,9,11H,7H2,1-2H3. The number of benzene rings is 3. The van der Waals surface area contributed by atoms with Crippen molar-refractivity contribution in [1.82, 2.24) is 9.88 Å². The highest BCUT2D eigenvalue weighted by molar-refractivity contribution is 5.94. The average molecular weight is 598 g/mol. The van der Waals surface area contributed by atoms with Gasteiger partial charge in [-0.15, -0.1) is 0 Å². The molecule has 44 heavy (non-hydrogen) atoms. The van der Waals surface area contributed by atoms with Gasteiger partial charge in [0.15, 0.2) is 0 Å². The van der Waals surface area contributed by atoms with E-state index in [0.717, 1.165) is 35.9 Å². The highest BCUT2D eigenvalue weighted by atomic mass is 16.3. The number of H-pyrrole nitrogens is 1. The first kappa shape index (κ1) is 32.3. The number of nitrogens with two attached hydrogens (primary N) is 1. The summed E-state index contributed by atoms with van der Waals surface area (Å²) < 4.78 is 0. The molecule has 5 rings (SSSR count). The van der Waals surface area contributed by atoms with E-state index < -0.39 is 0 Å². The van der Waals surface area contributed by atoms with Crippen molar-refractivity contribution in [2.75, 3.05) is 42.7 Å². The molecule has 9 heteroatoms. The van der Waals surface area contributed by atoms with Crippen LogP contribution in [0.1, 0.15) is 55.2 Å². The monoisotopic (exact) mass is 597 g/mol. The van der Waals surface area contributed by atoms with E-state index in [9.17, 15) is 14.4 Å². The average Bonchev–Trinajstić information content (AvgIpc) is 3.24. The number of fused-ring (bicyclic) bond motifs is 1. The fourth-order valence-electron chi connectivity index (χ4n) is 5.42. The van der Waals surface area contributed by atoms with Crippen molar-refractivity contribution in [2.24, 2.45) is 0 Å². The molecule has 0 spiro atoms. The Morgan fingerprint density at radius 3 is 2.64 bits per heavy atom. The minimum atomic E-state index is -0.170. The molecule has 4 aromatic rings. The van der Waals surface area contributed by atoms with Gasteiger partial charge in [-0.3, -0.25) is 14.4 Å². The summed E-state index contributed by atoms with van der Waals surface area (Å²) in [6.07, 6.45) is 5.06. The number of pyridine rings is 1. The largest absolute Gasteiger partial charge is 0.399 e. The summed E-state index contributed by atoms with van der Waals surface area (Å²) in [6, 6.07) is 20.9. The summed E-state index contributed by atoms with van der Waals surface area (Å²) in [7, 11) is 1.73. The number of nitrogen functional groups attached to an aromatic ring is 1. The number of aromatic amines is 1. The molecule has 9 nitrogen and oxygen atoms in total. The summed E-state index contributed by atoms with van der Waals surface area (Å²) in [5.74, 6) is 0.254. The number of aliphatic hydroxyl groups excluding tert-OH is 1. The first-order chi connectivity index (χ1) is 21.2. The molecule has 0 radical (unpaired) electrons. The summed E-state index contributed by atoms with van der Waals surface area (Å²) in [4.78, 5) is 43.6. The predicted molar refractivity (Wildman–Crippen MR) is 178 cm³/mol. The zero-order valence-electron chi connectivity index (χ0n) is 25.8. The topological polar surface area (TPSA) is 132 Å². The number of amides is 2. The van der Waals surface area contributed by atoms with Crippen LogP contribution in [0.4, 0.5) is 17.1 Å². The van der Waals surface area contributed by atoms with Gasteiger partial charge >= 0.3 is 0 Å². The Hall–Kier alpha value is -4.63. The number of carbonyl (C=O) groups excluding carboxylic acids is 2. The fraction of sp³-hybridized carbons (Fsp3) is 0.343. The quantitative estimate of drug-likeness (QED) is 0.207. The second kappa shape index (κ2) is 15.2. The van der Waals surface area contributed by atoms with Crippen LogP contribution in [-0.4, -0.2) is 53.5 Å². The Labute approximate surface area is 258 Å². The molecule has 0 bridgehead atoms. The third-order valence-electron chi connectivity index (χ3n) is 8.01. The van der Waals surface area contributed by atoms with Gasteiger partial charge in [-0.05, 0) is 78.2 Å². The van der Waals surface area contributed by atoms with E-state index in [4.69, 9.17) is 10.8 Å². The molecule has 1 aromatic heterocycles. The summed E-state index contributed by atoms with van der Waals surface area (Å²) in [5.41, 5.74) is 11.3. The number of nitrogens with one attached hydrogen (secondary N) is 2. The maximum absolute atomic E-state index is 12.8. The molecule has 0 saturated carbocycles. The van der Waals surface area contributed by atoms with Crippen molar-refractivity contribution in [3.8, 4) is 0 Å². The van der Waals surface area contributed by atoms with Crippen LogP contribution in [0.5, 0.6) is 0 Å². The summed E-state index contributed by atoms with van der Waals surface area (Å²) in [5, 5.41) is 13.4. The van der Waals surface area contributed by atoms with E-state index in [0.29, 0.717) is 36.3 Å². The molecule has 1 fully saturated rings. The Morgan fingerprint density at radius 2 is 1.86 bits per heavy atom. The van der Waals surface area contributed by atoms with Gasteiger partial charge in [-0.25, -0.2) is 0 Å². The van der Waals surface area contributed by atoms with Crippen LogP contribution in [0.2, 0.25) is 0 Å². The number of hydrogen-bond donors (Lipinski definition) is 4. The SMILES string of the molecule is CN(Cc1cc(N)ccc1N1CCCCCC1=O)C(=O)CNc1ccc2cc[nH]c(=O)c2c1.Cc1ccccc1C(C)CO. The molecular formula is C35H43N5O4. The van der Waals surface area contributed by atoms with Gasteiger partial charge in [-0.1, -0.05) is 43.7 Å². The van der Waals surface area contributed by atoms with Crippen molar-refractivity contribution < 1.29 is 14.7 Å². The van der Waals surface area contributed by atoms with Gasteiger partial charge in [0.05, 0.1) is 6.54 Å². The maximum atomic E-state index is 12.8. The van der Waals surface area contributed by atoms with Crippen LogP contribution in [0, 0.1) is 6.92 Å². The number of anilines is 3. The molecule has 1 saturated heterocycles. The number of aryl methyl sites for hydroxylation is 1. The number of rotatable bonds is 8. The molecule has 1 atom stereocenters. The van der Waals surface area contributed by atoms with Crippen LogP contribution < -0.4 is 21.5 Å². The molecule has 3 aromatic carbocycles. The second-order valence-electron chi connectivity index (χ2n) is 11.4. The fourth-order valence-corrected chi connectivity index (χ4v) is 5.42. The lowest BCUT2D eigenvalue weighted by Crippen LogP contribution is -2.34. The van der Waals surface area contributed by atoms with Crippen LogP contribution >= 0.6 is 0 Å². The smallest absolute Gasteiger partial charge is 0.255 e. The van der Waals surface area contributed by atoms with Crippen molar-refractivity contribution in [3.05, 3.63) is 100.0 Å². The lowest BCUT2D eigenvalue weighted by atomic mass is 9.97. The zero-order valence-corrected chi connectivity index (χ0v) is 25.8. The molecule has 1 aliphatic rings. The van der Waals surface area contributed by atoms with E-state index in [2.05, 4.69) is 29.4 Å². The molecule has 232 valence electrons. The second-order valence-corrected chi connectivity index (χ2v) is 11.4. The first-order valence-corrected chi connectivity index (χ1v) is 15.1. The van der Waals surface area contributed by atoms with Gasteiger partial charge < -0.3 is 30.9 Å². The minimum absolute atomic E-state index is 0.0764. The Morgan fingerprint density at radius 1 is 1.07 bits per heavy atom. The van der Waals surface area contributed by atoms with E-state index in [1.54, 1.807) is 30.3 Å². The van der Waals surface area contributed by atoms with Gasteiger partial charge in [0.1, 0.15) is 0 Å². The van der Waals surface area contributed by atoms with E-state index >= 15 is 0 Å². The number of aromatic nitrogens is 1. The van der Waals surface area contributed by atoms with Gasteiger partial charge in [0, 0.05) is 67.7 Å². The molecule has 2 heterocycles. The normalized spacial score (nSPS) is 13.9. The molecule has 0 aliphatic carbocycles. The van der Waals surface area contributed by atoms with Gasteiger partial charge in [0.25, 0.3) is 5.56 Å². The van der Waals surface area contributed by atoms with Gasteiger partial charge in [-0.2, -0.15) is 0 Å². The Balaban J connectivity index is 0.000000339. The van der Waals surface area contributed by atoms with Crippen molar-refractivity contribution >= 4 is 39.6 Å². The number of aliphatic hydroxyl groups is 1. The highest BCUT2D eigenvalue weighted by Crippen LogP contribution is 2.28. The number of likely N-dealkylation sites (N-methyl/N-ethyl adjacent to an activating group) is 1. The Bertz CT molecular complexity index is 1650. The molecule has 1 aliphatic heterocycles. The van der Waals surface area contributed by atoms with Crippen LogP contribution in [-0.2, 0) is 16.1 Å². The van der Waals surface area contributed by atoms with Crippen molar-refractivity contribution in [3.63, 3.8) is 0 Å². The van der Waals surface area contributed by atoms with Crippen LogP contribution in [0.3, 0.4) is 0 Å². The third-order valence-corrected chi connectivity index (χ3v) is 8.01. The molecule has 1 unspecified atom stereocenters. The molecular weight excluding hydrogens is 554 g/mol. The third kappa shape index (κ3) is 8.26. The maximum Gasteiger partial charge on any atom is 0.255 e. The summed E-state index contributed by atoms with van der Waals surface area (Å²) >= 11 is 0. The molecule has 2 amide bonds. The highest BCUT2D eigenvalue weighted by Gasteiger charge is 2.22. The van der Waals surface area contributed by atoms with E-state index in [1.165, 1.54) is 11.1 Å². The zero-order chi connectivity index (χ0) is 31.6. The van der Waals surface area contributed by atoms with E-state index in [1.807, 2.05) is 54.3 Å². The minimum Gasteiger partial charge on any atom is -0.399 e. The van der Waals surface area contributed by atoms with E-state index in [-0.39, 0.29) is 36.4 Å². The van der Waals surface area contributed by atoms with Crippen LogP contribution in [0.15, 0.2) is 77.7 Å². The predicted octanol–water partition coefficient (Wildman–Crippen LogP) is 5.18. The lowest BCUT2D eigenvalue weighted by molar-refractivity contribution is -0.128. The summed E-state index contributed by atoms with van der Waals surface area (Å²) in [6.45, 7) is 5.42. The van der Waals surface area contributed by atoms with Crippen molar-refractivity contribution in [1.29, 1.82) is 0 Å². The van der Waals surface area contributed by atoms with Gasteiger partial charge in [0.2, 0.25) is 11.8 Å². The lowest BCUT2D eigenvalue weighted by Gasteiger charge is -2.26.